The van der Waals surface area contributed by atoms with Gasteiger partial charge in [0, 0.05) is 29.7 Å². The highest BCUT2D eigenvalue weighted by Crippen LogP contribution is 2.19. The molecule has 2 amide bonds. The molecule has 2 aromatic carbocycles. The average Bonchev–Trinajstić information content (AvgIpc) is 2.72. The molecule has 0 heterocycles. The van der Waals surface area contributed by atoms with Gasteiger partial charge in [-0.05, 0) is 38.0 Å². The lowest BCUT2D eigenvalue weighted by molar-refractivity contribution is -0.140. The third kappa shape index (κ3) is 7.04. The monoisotopic (exact) mass is 398 g/mol. The zero-order chi connectivity index (χ0) is 20.4. The Labute approximate surface area is 172 Å². The molecule has 2 atom stereocenters. The Hall–Kier alpha value is -2.27. The van der Waals surface area contributed by atoms with Crippen molar-refractivity contribution in [2.45, 2.75) is 57.1 Å². The number of benzene rings is 2. The average molecular weight is 399 g/mol. The van der Waals surface area contributed by atoms with Crippen LogP contribution in [0, 0.1) is 0 Å². The molecule has 0 aliphatic carbocycles. The summed E-state index contributed by atoms with van der Waals surface area (Å²) in [6.07, 6.45) is 1.26. The minimum atomic E-state index is -0.511. The molecule has 0 fully saturated rings. The molecule has 4 nitrogen and oxygen atoms in total. The van der Waals surface area contributed by atoms with Crippen LogP contribution in [0.5, 0.6) is 0 Å². The van der Waals surface area contributed by atoms with Crippen LogP contribution in [0.1, 0.15) is 39.2 Å². The number of rotatable bonds is 10. The predicted octanol–water partition coefficient (Wildman–Crippen LogP) is 4.50. The van der Waals surface area contributed by atoms with E-state index in [-0.39, 0.29) is 17.9 Å². The van der Waals surface area contributed by atoms with Gasteiger partial charge in [0.25, 0.3) is 0 Å². The largest absolute Gasteiger partial charge is 0.352 e. The molecule has 0 radical (unpaired) electrons. The molecule has 28 heavy (non-hydrogen) atoms. The maximum Gasteiger partial charge on any atom is 0.242 e. The van der Waals surface area contributed by atoms with Crippen molar-refractivity contribution in [3.05, 3.63) is 66.2 Å². The highest BCUT2D eigenvalue weighted by molar-refractivity contribution is 7.99. The van der Waals surface area contributed by atoms with E-state index in [9.17, 15) is 9.59 Å². The number of nitrogens with zero attached hydrogens (tertiary/aromatic N) is 1. The van der Waals surface area contributed by atoms with E-state index in [4.69, 9.17) is 0 Å². The molecule has 0 saturated carbocycles. The van der Waals surface area contributed by atoms with Gasteiger partial charge in [0.15, 0.2) is 0 Å². The second kappa shape index (κ2) is 11.5. The van der Waals surface area contributed by atoms with Crippen LogP contribution in [0.15, 0.2) is 65.6 Å². The minimum absolute atomic E-state index is 0.000847. The smallest absolute Gasteiger partial charge is 0.242 e. The van der Waals surface area contributed by atoms with E-state index in [2.05, 4.69) is 5.32 Å². The zero-order valence-corrected chi connectivity index (χ0v) is 17.7. The maximum atomic E-state index is 13.0. The topological polar surface area (TPSA) is 49.4 Å². The van der Waals surface area contributed by atoms with E-state index >= 15 is 0 Å². The lowest BCUT2D eigenvalue weighted by Crippen LogP contribution is -2.49. The summed E-state index contributed by atoms with van der Waals surface area (Å²) in [7, 11) is 0. The molecule has 1 N–H and O–H groups in total. The molecule has 5 heteroatoms. The van der Waals surface area contributed by atoms with Gasteiger partial charge in [-0.3, -0.25) is 9.59 Å². The van der Waals surface area contributed by atoms with Crippen molar-refractivity contribution in [1.82, 2.24) is 10.2 Å². The first kappa shape index (κ1) is 22.0. The number of carbonyl (C=O) groups excluding carboxylic acids is 2. The van der Waals surface area contributed by atoms with Crippen molar-refractivity contribution in [1.29, 1.82) is 0 Å². The van der Waals surface area contributed by atoms with Crippen molar-refractivity contribution in [3.63, 3.8) is 0 Å². The first-order chi connectivity index (χ1) is 13.5. The molecule has 0 saturated heterocycles. The van der Waals surface area contributed by atoms with Crippen molar-refractivity contribution < 1.29 is 9.59 Å². The van der Waals surface area contributed by atoms with E-state index in [1.54, 1.807) is 16.7 Å². The van der Waals surface area contributed by atoms with Crippen LogP contribution in [-0.4, -0.2) is 34.6 Å². The molecular formula is C23H30N2O2S. The van der Waals surface area contributed by atoms with Gasteiger partial charge in [-0.2, -0.15) is 0 Å². The molecule has 0 aromatic heterocycles. The zero-order valence-electron chi connectivity index (χ0n) is 16.9. The van der Waals surface area contributed by atoms with Gasteiger partial charge in [-0.15, -0.1) is 11.8 Å². The highest BCUT2D eigenvalue weighted by Gasteiger charge is 2.26. The summed E-state index contributed by atoms with van der Waals surface area (Å²) in [4.78, 5) is 28.4. The summed E-state index contributed by atoms with van der Waals surface area (Å²) in [6.45, 7) is 6.25. The van der Waals surface area contributed by atoms with Crippen LogP contribution in [0.25, 0.3) is 0 Å². The standard InChI is InChI=1S/C23H30N2O2S/c1-4-18(2)24-23(27)19(3)25(17-20-11-7-5-8-12-20)22(26)15-16-28-21-13-9-6-10-14-21/h5-14,18-19H,4,15-17H2,1-3H3,(H,24,27)/t18-,19-/m0/s1. The lowest BCUT2D eigenvalue weighted by Gasteiger charge is -2.29. The summed E-state index contributed by atoms with van der Waals surface area (Å²) in [5.41, 5.74) is 1.02. The summed E-state index contributed by atoms with van der Waals surface area (Å²) in [5.74, 6) is 0.585. The Kier molecular flexibility index (Phi) is 9.08. The lowest BCUT2D eigenvalue weighted by atomic mass is 10.1. The molecular weight excluding hydrogens is 368 g/mol. The number of thioether (sulfide) groups is 1. The summed E-state index contributed by atoms with van der Waals surface area (Å²) >= 11 is 1.66. The van der Waals surface area contributed by atoms with Crippen LogP contribution in [0.4, 0.5) is 0 Å². The molecule has 2 rings (SSSR count). The van der Waals surface area contributed by atoms with E-state index in [1.165, 1.54) is 0 Å². The third-order valence-corrected chi connectivity index (χ3v) is 5.71. The van der Waals surface area contributed by atoms with Crippen LogP contribution in [-0.2, 0) is 16.1 Å². The number of hydrogen-bond acceptors (Lipinski definition) is 3. The minimum Gasteiger partial charge on any atom is -0.352 e. The van der Waals surface area contributed by atoms with E-state index < -0.39 is 6.04 Å². The Morgan fingerprint density at radius 1 is 1.00 bits per heavy atom. The van der Waals surface area contributed by atoms with Crippen molar-refractivity contribution in [2.75, 3.05) is 5.75 Å². The van der Waals surface area contributed by atoms with Crippen LogP contribution >= 0.6 is 11.8 Å². The molecule has 0 aliphatic rings. The second-order valence-corrected chi connectivity index (χ2v) is 8.08. The van der Waals surface area contributed by atoms with Gasteiger partial charge in [0.05, 0.1) is 0 Å². The molecule has 0 spiro atoms. The van der Waals surface area contributed by atoms with E-state index in [0.29, 0.717) is 18.7 Å². The van der Waals surface area contributed by atoms with Crippen LogP contribution in [0.2, 0.25) is 0 Å². The first-order valence-corrected chi connectivity index (χ1v) is 10.8. The normalized spacial score (nSPS) is 12.8. The molecule has 0 bridgehead atoms. The quantitative estimate of drug-likeness (QED) is 0.600. The van der Waals surface area contributed by atoms with Gasteiger partial charge in [-0.25, -0.2) is 0 Å². The number of carbonyl (C=O) groups is 2. The van der Waals surface area contributed by atoms with Gasteiger partial charge < -0.3 is 10.2 Å². The van der Waals surface area contributed by atoms with Gasteiger partial charge in [0.2, 0.25) is 11.8 Å². The van der Waals surface area contributed by atoms with Gasteiger partial charge in [-0.1, -0.05) is 55.5 Å². The fourth-order valence-electron chi connectivity index (χ4n) is 2.74. The Balaban J connectivity index is 2.03. The second-order valence-electron chi connectivity index (χ2n) is 6.91. The molecule has 0 aliphatic heterocycles. The fraction of sp³-hybridized carbons (Fsp3) is 0.391. The van der Waals surface area contributed by atoms with Crippen LogP contribution < -0.4 is 5.32 Å². The number of hydrogen-bond donors (Lipinski definition) is 1. The van der Waals surface area contributed by atoms with E-state index in [0.717, 1.165) is 16.9 Å². The van der Waals surface area contributed by atoms with Crippen molar-refractivity contribution >= 4 is 23.6 Å². The Morgan fingerprint density at radius 2 is 1.61 bits per heavy atom. The fourth-order valence-corrected chi connectivity index (χ4v) is 3.61. The summed E-state index contributed by atoms with van der Waals surface area (Å²) in [5, 5.41) is 2.99. The molecule has 2 aromatic rings. The summed E-state index contributed by atoms with van der Waals surface area (Å²) in [6, 6.07) is 19.5. The van der Waals surface area contributed by atoms with Crippen LogP contribution in [0.3, 0.4) is 0 Å². The molecule has 150 valence electrons. The van der Waals surface area contributed by atoms with Gasteiger partial charge in [0.1, 0.15) is 6.04 Å². The maximum absolute atomic E-state index is 13.0. The predicted molar refractivity (Wildman–Crippen MR) is 116 cm³/mol. The van der Waals surface area contributed by atoms with Crippen molar-refractivity contribution in [2.24, 2.45) is 0 Å². The highest BCUT2D eigenvalue weighted by atomic mass is 32.2. The Bertz CT molecular complexity index is 737. The number of nitrogens with one attached hydrogen (secondary N) is 1. The Morgan fingerprint density at radius 3 is 2.21 bits per heavy atom. The third-order valence-electron chi connectivity index (χ3n) is 4.69. The van der Waals surface area contributed by atoms with Gasteiger partial charge >= 0.3 is 0 Å². The SMILES string of the molecule is CC[C@H](C)NC(=O)[C@H](C)N(Cc1ccccc1)C(=O)CCSc1ccccc1. The first-order valence-electron chi connectivity index (χ1n) is 9.82. The summed E-state index contributed by atoms with van der Waals surface area (Å²) < 4.78 is 0. The van der Waals surface area contributed by atoms with E-state index in [1.807, 2.05) is 81.4 Å². The van der Waals surface area contributed by atoms with Crippen molar-refractivity contribution in [3.8, 4) is 0 Å². The molecule has 0 unspecified atom stereocenters. The number of amides is 2.